The maximum Gasteiger partial charge on any atom is 0.522 e. The van der Waals surface area contributed by atoms with Crippen LogP contribution in [0.4, 0.5) is 13.2 Å². The summed E-state index contributed by atoms with van der Waals surface area (Å²) in [5.74, 6) is 0.846. The third-order valence-electron chi connectivity index (χ3n) is 1.83. The molecule has 0 saturated carbocycles. The van der Waals surface area contributed by atoms with E-state index in [1.54, 1.807) is 12.1 Å². The molecule has 0 heterocycles. The predicted octanol–water partition coefficient (Wildman–Crippen LogP) is 2.91. The topological polar surface area (TPSA) is 74.6 Å². The Bertz CT molecular complexity index is 480. The number of alkyl halides is 3. The zero-order valence-corrected chi connectivity index (χ0v) is 10.5. The molecule has 1 aromatic carbocycles. The van der Waals surface area contributed by atoms with Gasteiger partial charge in [0.2, 0.25) is 0 Å². The summed E-state index contributed by atoms with van der Waals surface area (Å²) in [6.45, 7) is 4.21. The van der Waals surface area contributed by atoms with E-state index in [0.717, 1.165) is 0 Å². The molecule has 104 valence electrons. The van der Waals surface area contributed by atoms with Gasteiger partial charge in [-0.05, 0) is 23.6 Å². The molecule has 0 aliphatic rings. The average molecular weight is 286 g/mol. The van der Waals surface area contributed by atoms with Crippen molar-refractivity contribution in [1.82, 2.24) is 0 Å². The Labute approximate surface area is 103 Å². The van der Waals surface area contributed by atoms with Gasteiger partial charge in [0.25, 0.3) is 0 Å². The SMILES string of the molecule is CC(C)c1cccc(O)c1.O=S(=O)(O)C(F)(F)F. The number of phenolic OH excluding ortho intramolecular Hbond substituents is 1. The van der Waals surface area contributed by atoms with Crippen molar-refractivity contribution in [2.24, 2.45) is 0 Å². The van der Waals surface area contributed by atoms with Crippen molar-refractivity contribution in [3.63, 3.8) is 0 Å². The molecule has 0 fully saturated rings. The number of hydrogen-bond donors (Lipinski definition) is 2. The monoisotopic (exact) mass is 286 g/mol. The number of halogens is 3. The molecular formula is C10H13F3O4S. The Balaban J connectivity index is 0.000000331. The summed E-state index contributed by atoms with van der Waals surface area (Å²) in [6.07, 6.45) is 0. The van der Waals surface area contributed by atoms with E-state index >= 15 is 0 Å². The molecular weight excluding hydrogens is 273 g/mol. The summed E-state index contributed by atoms with van der Waals surface area (Å²) < 4.78 is 57.5. The van der Waals surface area contributed by atoms with Gasteiger partial charge < -0.3 is 5.11 Å². The minimum Gasteiger partial charge on any atom is -0.508 e. The molecule has 2 N–H and O–H groups in total. The van der Waals surface area contributed by atoms with Crippen molar-refractivity contribution in [2.75, 3.05) is 0 Å². The van der Waals surface area contributed by atoms with Gasteiger partial charge in [0.1, 0.15) is 5.75 Å². The minimum atomic E-state index is -5.84. The van der Waals surface area contributed by atoms with Crippen molar-refractivity contribution in [3.8, 4) is 5.75 Å². The van der Waals surface area contributed by atoms with Crippen molar-refractivity contribution in [1.29, 1.82) is 0 Å². The van der Waals surface area contributed by atoms with E-state index < -0.39 is 15.6 Å². The molecule has 0 aliphatic carbocycles. The highest BCUT2D eigenvalue weighted by Crippen LogP contribution is 2.20. The first-order valence-electron chi connectivity index (χ1n) is 4.78. The first kappa shape index (κ1) is 16.7. The Hall–Kier alpha value is -1.28. The van der Waals surface area contributed by atoms with Crippen LogP contribution in [0.25, 0.3) is 0 Å². The Morgan fingerprint density at radius 1 is 1.22 bits per heavy atom. The molecule has 8 heteroatoms. The van der Waals surface area contributed by atoms with E-state index in [9.17, 15) is 13.2 Å². The number of benzene rings is 1. The van der Waals surface area contributed by atoms with Crippen LogP contribution in [0.3, 0.4) is 0 Å². The van der Waals surface area contributed by atoms with E-state index in [2.05, 4.69) is 13.8 Å². The number of rotatable bonds is 1. The fourth-order valence-electron chi connectivity index (χ4n) is 0.884. The highest BCUT2D eigenvalue weighted by molar-refractivity contribution is 7.86. The lowest BCUT2D eigenvalue weighted by Gasteiger charge is -2.03. The van der Waals surface area contributed by atoms with Gasteiger partial charge in [0.05, 0.1) is 0 Å². The Kier molecular flexibility index (Phi) is 5.62. The maximum atomic E-state index is 10.7. The Morgan fingerprint density at radius 2 is 1.67 bits per heavy atom. The summed E-state index contributed by atoms with van der Waals surface area (Å²) in [7, 11) is -5.84. The normalized spacial score (nSPS) is 11.9. The van der Waals surface area contributed by atoms with Gasteiger partial charge in [-0.2, -0.15) is 21.6 Å². The minimum absolute atomic E-state index is 0.353. The third kappa shape index (κ3) is 5.87. The molecule has 1 rings (SSSR count). The highest BCUT2D eigenvalue weighted by atomic mass is 32.2. The van der Waals surface area contributed by atoms with Gasteiger partial charge in [-0.15, -0.1) is 0 Å². The van der Waals surface area contributed by atoms with Crippen LogP contribution in [0.5, 0.6) is 5.75 Å². The van der Waals surface area contributed by atoms with E-state index in [0.29, 0.717) is 11.7 Å². The van der Waals surface area contributed by atoms with E-state index in [1.807, 2.05) is 12.1 Å². The number of hydrogen-bond acceptors (Lipinski definition) is 3. The largest absolute Gasteiger partial charge is 0.522 e. The second-order valence-electron chi connectivity index (χ2n) is 3.67. The molecule has 0 spiro atoms. The summed E-state index contributed by atoms with van der Waals surface area (Å²) in [5, 5.41) is 9.06. The van der Waals surface area contributed by atoms with Gasteiger partial charge in [-0.3, -0.25) is 4.55 Å². The van der Waals surface area contributed by atoms with Crippen molar-refractivity contribution in [3.05, 3.63) is 29.8 Å². The van der Waals surface area contributed by atoms with Gasteiger partial charge in [0, 0.05) is 0 Å². The van der Waals surface area contributed by atoms with E-state index in [-0.39, 0.29) is 0 Å². The second kappa shape index (κ2) is 6.05. The van der Waals surface area contributed by atoms with Crippen LogP contribution in [-0.4, -0.2) is 23.6 Å². The first-order valence-corrected chi connectivity index (χ1v) is 6.22. The smallest absolute Gasteiger partial charge is 0.508 e. The zero-order chi connectivity index (χ0) is 14.6. The van der Waals surface area contributed by atoms with Crippen LogP contribution in [0.1, 0.15) is 25.3 Å². The quantitative estimate of drug-likeness (QED) is 0.615. The lowest BCUT2D eigenvalue weighted by molar-refractivity contribution is -0.0510. The lowest BCUT2D eigenvalue weighted by Crippen LogP contribution is -2.21. The standard InChI is InChI=1S/C9H12O.CHF3O3S/c1-7(2)8-4-3-5-9(10)6-8;2-1(3,4)8(5,6)7/h3-7,10H,1-2H3;(H,5,6,7). The van der Waals surface area contributed by atoms with Crippen molar-refractivity contribution >= 4 is 10.1 Å². The summed E-state index contributed by atoms with van der Waals surface area (Å²) in [5.41, 5.74) is -4.35. The highest BCUT2D eigenvalue weighted by Gasteiger charge is 2.44. The number of phenols is 1. The van der Waals surface area contributed by atoms with Crippen molar-refractivity contribution < 1.29 is 31.2 Å². The van der Waals surface area contributed by atoms with Gasteiger partial charge in [-0.25, -0.2) is 0 Å². The van der Waals surface area contributed by atoms with Crippen LogP contribution in [-0.2, 0) is 10.1 Å². The second-order valence-corrected chi connectivity index (χ2v) is 5.08. The van der Waals surface area contributed by atoms with E-state index in [1.165, 1.54) is 5.56 Å². The molecule has 0 radical (unpaired) electrons. The molecule has 0 unspecified atom stereocenters. The van der Waals surface area contributed by atoms with E-state index in [4.69, 9.17) is 18.1 Å². The van der Waals surface area contributed by atoms with Crippen LogP contribution in [0, 0.1) is 0 Å². The van der Waals surface area contributed by atoms with Gasteiger partial charge >= 0.3 is 15.6 Å². The molecule has 0 atom stereocenters. The molecule has 1 aromatic rings. The van der Waals surface area contributed by atoms with Crippen LogP contribution < -0.4 is 0 Å². The first-order chi connectivity index (χ1) is 7.95. The summed E-state index contributed by atoms with van der Waals surface area (Å²) >= 11 is 0. The fraction of sp³-hybridized carbons (Fsp3) is 0.400. The molecule has 0 aliphatic heterocycles. The van der Waals surface area contributed by atoms with Crippen LogP contribution in [0.15, 0.2) is 24.3 Å². The lowest BCUT2D eigenvalue weighted by atomic mass is 10.0. The van der Waals surface area contributed by atoms with Gasteiger partial charge in [0.15, 0.2) is 0 Å². The molecule has 4 nitrogen and oxygen atoms in total. The number of aromatic hydroxyl groups is 1. The molecule has 18 heavy (non-hydrogen) atoms. The third-order valence-corrected chi connectivity index (χ3v) is 2.41. The van der Waals surface area contributed by atoms with Crippen molar-refractivity contribution in [2.45, 2.75) is 25.3 Å². The zero-order valence-electron chi connectivity index (χ0n) is 9.64. The van der Waals surface area contributed by atoms with Crippen LogP contribution >= 0.6 is 0 Å². The molecule has 0 aromatic heterocycles. The van der Waals surface area contributed by atoms with Crippen LogP contribution in [0.2, 0.25) is 0 Å². The average Bonchev–Trinajstić information content (AvgIpc) is 2.15. The fourth-order valence-corrected chi connectivity index (χ4v) is 0.884. The molecule has 0 bridgehead atoms. The molecule has 0 amide bonds. The van der Waals surface area contributed by atoms with Gasteiger partial charge in [-0.1, -0.05) is 26.0 Å². The predicted molar refractivity (Wildman–Crippen MR) is 59.8 cm³/mol. The summed E-state index contributed by atoms with van der Waals surface area (Å²) in [4.78, 5) is 0. The maximum absolute atomic E-state index is 10.7. The molecule has 0 saturated heterocycles. The Morgan fingerprint density at radius 3 is 1.89 bits per heavy atom. The summed E-state index contributed by atoms with van der Waals surface area (Å²) in [6, 6.07) is 7.37.